The number of hydrogen-bond acceptors (Lipinski definition) is 7. The van der Waals surface area contributed by atoms with Gasteiger partial charge in [0, 0.05) is 12.6 Å². The molecule has 19 heavy (non-hydrogen) atoms. The van der Waals surface area contributed by atoms with Gasteiger partial charge in [-0.05, 0) is 13.8 Å². The predicted octanol–water partition coefficient (Wildman–Crippen LogP) is 0.321. The van der Waals surface area contributed by atoms with Crippen molar-refractivity contribution in [3.8, 4) is 0 Å². The number of rotatable bonds is 6. The minimum atomic E-state index is -3.88. The Morgan fingerprint density at radius 2 is 2.21 bits per heavy atom. The Morgan fingerprint density at radius 3 is 2.68 bits per heavy atom. The standard InChI is InChI=1S/C10H16N2O5S2/c1-7(2)12(4-5-13)19(15,16)10-8(9(14)17-3)11-6-18-10/h6-7,13H,4-5H2,1-3H3. The van der Waals surface area contributed by atoms with Crippen LogP contribution in [-0.4, -0.2) is 55.1 Å². The first kappa shape index (κ1) is 16.0. The van der Waals surface area contributed by atoms with Crippen molar-refractivity contribution in [1.29, 1.82) is 0 Å². The number of carbonyl (C=O) groups is 1. The first-order chi connectivity index (χ1) is 8.86. The minimum Gasteiger partial charge on any atom is -0.464 e. The summed E-state index contributed by atoms with van der Waals surface area (Å²) in [6.45, 7) is 3.03. The molecule has 1 N–H and O–H groups in total. The summed E-state index contributed by atoms with van der Waals surface area (Å²) in [7, 11) is -2.72. The summed E-state index contributed by atoms with van der Waals surface area (Å²) < 4.78 is 30.3. The minimum absolute atomic E-state index is 0.0431. The van der Waals surface area contributed by atoms with Crippen molar-refractivity contribution in [2.45, 2.75) is 24.1 Å². The Kier molecular flexibility index (Phi) is 5.41. The second-order valence-electron chi connectivity index (χ2n) is 3.91. The summed E-state index contributed by atoms with van der Waals surface area (Å²) in [6.07, 6.45) is 0. The molecule has 1 aromatic rings. The SMILES string of the molecule is COC(=O)c1ncsc1S(=O)(=O)N(CCO)C(C)C. The second kappa shape index (κ2) is 6.42. The maximum absolute atomic E-state index is 12.4. The summed E-state index contributed by atoms with van der Waals surface area (Å²) in [6, 6.07) is -0.343. The highest BCUT2D eigenvalue weighted by atomic mass is 32.2. The predicted molar refractivity (Wildman–Crippen MR) is 69.6 cm³/mol. The topological polar surface area (TPSA) is 96.8 Å². The smallest absolute Gasteiger partial charge is 0.358 e. The molecule has 1 aromatic heterocycles. The normalized spacial score (nSPS) is 12.1. The number of hydrogen-bond donors (Lipinski definition) is 1. The van der Waals surface area contributed by atoms with E-state index >= 15 is 0 Å². The first-order valence-corrected chi connectivity index (χ1v) is 7.82. The molecular formula is C10H16N2O5S2. The van der Waals surface area contributed by atoms with Crippen molar-refractivity contribution in [2.24, 2.45) is 0 Å². The molecule has 0 aromatic carbocycles. The quantitative estimate of drug-likeness (QED) is 0.760. The fourth-order valence-electron chi connectivity index (χ4n) is 1.51. The first-order valence-electron chi connectivity index (χ1n) is 5.50. The zero-order valence-corrected chi connectivity index (χ0v) is 12.5. The summed E-state index contributed by atoms with van der Waals surface area (Å²) >= 11 is 0.849. The fraction of sp³-hybridized carbons (Fsp3) is 0.600. The van der Waals surface area contributed by atoms with E-state index < -0.39 is 16.0 Å². The van der Waals surface area contributed by atoms with Crippen LogP contribution in [0.3, 0.4) is 0 Å². The van der Waals surface area contributed by atoms with Crippen LogP contribution in [0.1, 0.15) is 24.3 Å². The second-order valence-corrected chi connectivity index (χ2v) is 6.85. The van der Waals surface area contributed by atoms with Gasteiger partial charge in [-0.3, -0.25) is 0 Å². The Morgan fingerprint density at radius 1 is 1.58 bits per heavy atom. The highest BCUT2D eigenvalue weighted by molar-refractivity contribution is 7.91. The van der Waals surface area contributed by atoms with Crippen molar-refractivity contribution in [2.75, 3.05) is 20.3 Å². The lowest BCUT2D eigenvalue weighted by Gasteiger charge is -2.24. The molecule has 0 amide bonds. The molecule has 1 heterocycles. The number of carbonyl (C=O) groups excluding carboxylic acids is 1. The summed E-state index contributed by atoms with van der Waals surface area (Å²) in [4.78, 5) is 15.2. The summed E-state index contributed by atoms with van der Waals surface area (Å²) in [5.41, 5.74) is 1.05. The van der Waals surface area contributed by atoms with E-state index in [-0.39, 0.29) is 29.1 Å². The molecule has 7 nitrogen and oxygen atoms in total. The largest absolute Gasteiger partial charge is 0.464 e. The van der Waals surface area contributed by atoms with E-state index in [0.29, 0.717) is 0 Å². The van der Waals surface area contributed by atoms with Gasteiger partial charge in [0.05, 0.1) is 19.2 Å². The third-order valence-corrected chi connectivity index (χ3v) is 5.78. The van der Waals surface area contributed by atoms with Crippen molar-refractivity contribution in [1.82, 2.24) is 9.29 Å². The molecule has 0 atom stereocenters. The molecular weight excluding hydrogens is 292 g/mol. The fourth-order valence-corrected chi connectivity index (χ4v) is 4.39. The molecule has 0 aliphatic rings. The molecule has 108 valence electrons. The average molecular weight is 308 g/mol. The number of methoxy groups -OCH3 is 1. The van der Waals surface area contributed by atoms with E-state index in [1.807, 2.05) is 0 Å². The molecule has 0 spiro atoms. The van der Waals surface area contributed by atoms with Gasteiger partial charge >= 0.3 is 5.97 Å². The molecule has 0 saturated carbocycles. The van der Waals surface area contributed by atoms with E-state index in [2.05, 4.69) is 9.72 Å². The lowest BCUT2D eigenvalue weighted by molar-refractivity contribution is 0.0590. The van der Waals surface area contributed by atoms with Crippen molar-refractivity contribution < 1.29 is 23.1 Å². The molecule has 0 unspecified atom stereocenters. The maximum atomic E-state index is 12.4. The average Bonchev–Trinajstić information content (AvgIpc) is 2.84. The molecule has 0 bridgehead atoms. The monoisotopic (exact) mass is 308 g/mol. The molecule has 0 saturated heterocycles. The van der Waals surface area contributed by atoms with E-state index in [1.54, 1.807) is 13.8 Å². The lowest BCUT2D eigenvalue weighted by Crippen LogP contribution is -2.39. The van der Waals surface area contributed by atoms with Gasteiger partial charge in [0.2, 0.25) is 0 Å². The van der Waals surface area contributed by atoms with Gasteiger partial charge in [-0.15, -0.1) is 11.3 Å². The van der Waals surface area contributed by atoms with Gasteiger partial charge in [-0.1, -0.05) is 0 Å². The Hall–Kier alpha value is -1.03. The van der Waals surface area contributed by atoms with Crippen molar-refractivity contribution in [3.63, 3.8) is 0 Å². The number of nitrogens with zero attached hydrogens (tertiary/aromatic N) is 2. The van der Waals surface area contributed by atoms with Gasteiger partial charge in [0.1, 0.15) is 0 Å². The molecule has 0 radical (unpaired) electrons. The number of thiazole rings is 1. The Labute approximate surface area is 115 Å². The number of ether oxygens (including phenoxy) is 1. The van der Waals surface area contributed by atoms with Gasteiger partial charge < -0.3 is 9.84 Å². The van der Waals surface area contributed by atoms with Crippen LogP contribution in [0.5, 0.6) is 0 Å². The van der Waals surface area contributed by atoms with E-state index in [4.69, 9.17) is 5.11 Å². The van der Waals surface area contributed by atoms with Crippen molar-refractivity contribution in [3.05, 3.63) is 11.2 Å². The maximum Gasteiger partial charge on any atom is 0.358 e. The summed E-state index contributed by atoms with van der Waals surface area (Å²) in [5.74, 6) is -0.799. The van der Waals surface area contributed by atoms with Crippen LogP contribution in [0.25, 0.3) is 0 Å². The van der Waals surface area contributed by atoms with Gasteiger partial charge in [-0.25, -0.2) is 18.2 Å². The highest BCUT2D eigenvalue weighted by Gasteiger charge is 2.33. The molecule has 0 fully saturated rings. The van der Waals surface area contributed by atoms with Crippen LogP contribution in [-0.2, 0) is 14.8 Å². The number of aliphatic hydroxyl groups is 1. The summed E-state index contributed by atoms with van der Waals surface area (Å²) in [5, 5.41) is 8.96. The third-order valence-electron chi connectivity index (χ3n) is 2.35. The van der Waals surface area contributed by atoms with Crippen LogP contribution in [0.4, 0.5) is 0 Å². The van der Waals surface area contributed by atoms with Crippen LogP contribution in [0, 0.1) is 0 Å². The van der Waals surface area contributed by atoms with Crippen LogP contribution < -0.4 is 0 Å². The molecule has 1 rings (SSSR count). The highest BCUT2D eigenvalue weighted by Crippen LogP contribution is 2.25. The molecule has 9 heteroatoms. The van der Waals surface area contributed by atoms with Gasteiger partial charge in [0.15, 0.2) is 9.90 Å². The Bertz CT molecular complexity index is 538. The van der Waals surface area contributed by atoms with Gasteiger partial charge in [0.25, 0.3) is 10.0 Å². The van der Waals surface area contributed by atoms with E-state index in [0.717, 1.165) is 22.8 Å². The number of esters is 1. The Balaban J connectivity index is 3.26. The van der Waals surface area contributed by atoms with E-state index in [1.165, 1.54) is 5.51 Å². The van der Waals surface area contributed by atoms with Crippen LogP contribution in [0.2, 0.25) is 0 Å². The third kappa shape index (κ3) is 3.30. The molecule has 0 aliphatic carbocycles. The van der Waals surface area contributed by atoms with Crippen LogP contribution in [0.15, 0.2) is 9.72 Å². The zero-order chi connectivity index (χ0) is 14.6. The molecule has 0 aliphatic heterocycles. The lowest BCUT2D eigenvalue weighted by atomic mass is 10.4. The number of aromatic nitrogens is 1. The van der Waals surface area contributed by atoms with Crippen LogP contribution >= 0.6 is 11.3 Å². The van der Waals surface area contributed by atoms with Gasteiger partial charge in [-0.2, -0.15) is 4.31 Å². The zero-order valence-electron chi connectivity index (χ0n) is 10.9. The van der Waals surface area contributed by atoms with E-state index in [9.17, 15) is 13.2 Å². The van der Waals surface area contributed by atoms with Crippen molar-refractivity contribution >= 4 is 27.3 Å². The number of sulfonamides is 1. The number of aliphatic hydroxyl groups excluding tert-OH is 1.